The molecule has 7 heteroatoms. The van der Waals surface area contributed by atoms with Crippen LogP contribution in [0.1, 0.15) is 46.3 Å². The van der Waals surface area contributed by atoms with Crippen LogP contribution >= 0.6 is 0 Å². The lowest BCUT2D eigenvalue weighted by atomic mass is 9.99. The SMILES string of the molecule is Cc1cc(-c2c(F)cc3c(=O)c(C(=O)O)c(C)n(C4CC4)c3c2F)cc(C)n1. The minimum absolute atomic E-state index is 0.0430. The van der Waals surface area contributed by atoms with Gasteiger partial charge in [0.25, 0.3) is 0 Å². The van der Waals surface area contributed by atoms with E-state index in [0.717, 1.165) is 18.9 Å². The second kappa shape index (κ2) is 6.22. The fourth-order valence-corrected chi connectivity index (χ4v) is 3.89. The molecule has 0 amide bonds. The number of carboxylic acid groups (broad SMARTS) is 1. The molecule has 1 aliphatic rings. The van der Waals surface area contributed by atoms with E-state index in [2.05, 4.69) is 4.98 Å². The first-order valence-corrected chi connectivity index (χ1v) is 8.96. The minimum atomic E-state index is -1.40. The van der Waals surface area contributed by atoms with Crippen LogP contribution in [0.2, 0.25) is 0 Å². The minimum Gasteiger partial charge on any atom is -0.477 e. The lowest BCUT2D eigenvalue weighted by molar-refractivity contribution is 0.0694. The molecule has 0 spiro atoms. The number of hydrogen-bond acceptors (Lipinski definition) is 3. The predicted octanol–water partition coefficient (Wildman–Crippen LogP) is 4.30. The third-order valence-corrected chi connectivity index (χ3v) is 5.12. The first kappa shape index (κ1) is 18.3. The standard InChI is InChI=1S/C21H18F2N2O3/c1-9-6-12(7-10(2)24-9)17-15(22)8-14-19(18(17)23)25(13-4-5-13)11(3)16(20(14)26)21(27)28/h6-8,13H,4-5H2,1-3H3,(H,27,28). The summed E-state index contributed by atoms with van der Waals surface area (Å²) in [7, 11) is 0. The second-order valence-electron chi connectivity index (χ2n) is 7.28. The summed E-state index contributed by atoms with van der Waals surface area (Å²) in [4.78, 5) is 28.5. The summed E-state index contributed by atoms with van der Waals surface area (Å²) >= 11 is 0. The van der Waals surface area contributed by atoms with E-state index >= 15 is 4.39 Å². The Kier molecular flexibility index (Phi) is 4.06. The van der Waals surface area contributed by atoms with Crippen molar-refractivity contribution < 1.29 is 18.7 Å². The Hall–Kier alpha value is -3.09. The summed E-state index contributed by atoms with van der Waals surface area (Å²) in [6, 6.07) is 4.01. The third kappa shape index (κ3) is 2.69. The van der Waals surface area contributed by atoms with Gasteiger partial charge >= 0.3 is 5.97 Å². The van der Waals surface area contributed by atoms with Gasteiger partial charge in [0, 0.05) is 23.1 Å². The van der Waals surface area contributed by atoms with Crippen LogP contribution in [0.15, 0.2) is 23.0 Å². The van der Waals surface area contributed by atoms with Crippen LogP contribution in [0.3, 0.4) is 0 Å². The quantitative estimate of drug-likeness (QED) is 0.731. The molecule has 0 unspecified atom stereocenters. The summed E-state index contributed by atoms with van der Waals surface area (Å²) in [6.45, 7) is 4.96. The molecular weight excluding hydrogens is 366 g/mol. The number of rotatable bonds is 3. The van der Waals surface area contributed by atoms with Gasteiger partial charge in [-0.3, -0.25) is 9.78 Å². The van der Waals surface area contributed by atoms with Gasteiger partial charge in [-0.05, 0) is 57.4 Å². The van der Waals surface area contributed by atoms with E-state index in [-0.39, 0.29) is 28.2 Å². The molecule has 144 valence electrons. The largest absolute Gasteiger partial charge is 0.477 e. The second-order valence-corrected chi connectivity index (χ2v) is 7.28. The van der Waals surface area contributed by atoms with Gasteiger partial charge in [-0.2, -0.15) is 0 Å². The number of carbonyl (C=O) groups is 1. The monoisotopic (exact) mass is 384 g/mol. The van der Waals surface area contributed by atoms with E-state index in [9.17, 15) is 19.1 Å². The van der Waals surface area contributed by atoms with E-state index in [4.69, 9.17) is 0 Å². The summed E-state index contributed by atoms with van der Waals surface area (Å²) in [5.41, 5.74) is 0.153. The Morgan fingerprint density at radius 2 is 1.75 bits per heavy atom. The van der Waals surface area contributed by atoms with Crippen molar-refractivity contribution in [2.45, 2.75) is 39.7 Å². The van der Waals surface area contributed by atoms with E-state index in [1.165, 1.54) is 6.92 Å². The number of aryl methyl sites for hydroxylation is 2. The molecule has 2 aromatic heterocycles. The average molecular weight is 384 g/mol. The van der Waals surface area contributed by atoms with Crippen molar-refractivity contribution in [1.82, 2.24) is 9.55 Å². The number of nitrogens with zero attached hydrogens (tertiary/aromatic N) is 2. The summed E-state index contributed by atoms with van der Waals surface area (Å²) < 4.78 is 32.1. The molecule has 1 aliphatic carbocycles. The molecule has 0 aliphatic heterocycles. The van der Waals surface area contributed by atoms with Crippen LogP contribution in [0.5, 0.6) is 0 Å². The Balaban J connectivity index is 2.17. The fourth-order valence-electron chi connectivity index (χ4n) is 3.89. The van der Waals surface area contributed by atoms with Gasteiger partial charge in [0.05, 0.1) is 16.5 Å². The van der Waals surface area contributed by atoms with Crippen molar-refractivity contribution in [2.75, 3.05) is 0 Å². The van der Waals surface area contributed by atoms with Crippen molar-refractivity contribution in [3.8, 4) is 11.1 Å². The first-order chi connectivity index (χ1) is 13.2. The van der Waals surface area contributed by atoms with Gasteiger partial charge < -0.3 is 9.67 Å². The maximum atomic E-state index is 15.7. The zero-order valence-electron chi connectivity index (χ0n) is 15.6. The molecule has 4 rings (SSSR count). The maximum Gasteiger partial charge on any atom is 0.341 e. The number of aromatic nitrogens is 2. The fraction of sp³-hybridized carbons (Fsp3) is 0.286. The zero-order chi connectivity index (χ0) is 20.3. The van der Waals surface area contributed by atoms with Gasteiger partial charge in [0.1, 0.15) is 11.4 Å². The normalized spacial score (nSPS) is 13.9. The Bertz CT molecular complexity index is 1210. The van der Waals surface area contributed by atoms with Gasteiger partial charge in [-0.1, -0.05) is 0 Å². The number of halogens is 2. The highest BCUT2D eigenvalue weighted by Crippen LogP contribution is 2.41. The van der Waals surface area contributed by atoms with Crippen molar-refractivity contribution in [1.29, 1.82) is 0 Å². The number of aromatic carboxylic acids is 1. The Labute approximate surface area is 159 Å². The number of benzene rings is 1. The summed E-state index contributed by atoms with van der Waals surface area (Å²) in [6.07, 6.45) is 1.50. The number of pyridine rings is 2. The maximum absolute atomic E-state index is 15.7. The molecule has 3 aromatic rings. The third-order valence-electron chi connectivity index (χ3n) is 5.12. The highest BCUT2D eigenvalue weighted by Gasteiger charge is 2.32. The highest BCUT2D eigenvalue weighted by molar-refractivity contribution is 5.95. The predicted molar refractivity (Wildman–Crippen MR) is 101 cm³/mol. The molecule has 0 bridgehead atoms. The van der Waals surface area contributed by atoms with Crippen LogP contribution < -0.4 is 5.43 Å². The van der Waals surface area contributed by atoms with Crippen LogP contribution in [0, 0.1) is 32.4 Å². The number of hydrogen-bond donors (Lipinski definition) is 1. The molecule has 0 atom stereocenters. The van der Waals surface area contributed by atoms with Crippen LogP contribution in [-0.4, -0.2) is 20.6 Å². The number of fused-ring (bicyclic) bond motifs is 1. The topological polar surface area (TPSA) is 72.2 Å². The van der Waals surface area contributed by atoms with E-state index in [1.807, 2.05) is 0 Å². The lowest BCUT2D eigenvalue weighted by Crippen LogP contribution is -2.23. The van der Waals surface area contributed by atoms with Crippen molar-refractivity contribution in [2.24, 2.45) is 0 Å². The lowest BCUT2D eigenvalue weighted by Gasteiger charge is -2.19. The molecule has 1 saturated carbocycles. The van der Waals surface area contributed by atoms with Gasteiger partial charge in [-0.25, -0.2) is 13.6 Å². The van der Waals surface area contributed by atoms with Gasteiger partial charge in [-0.15, -0.1) is 0 Å². The van der Waals surface area contributed by atoms with Crippen LogP contribution in [-0.2, 0) is 0 Å². The Morgan fingerprint density at radius 3 is 2.29 bits per heavy atom. The molecule has 2 heterocycles. The summed E-state index contributed by atoms with van der Waals surface area (Å²) in [5, 5.41) is 9.20. The van der Waals surface area contributed by atoms with Crippen LogP contribution in [0.25, 0.3) is 22.0 Å². The van der Waals surface area contributed by atoms with E-state index in [0.29, 0.717) is 17.0 Å². The van der Waals surface area contributed by atoms with Gasteiger partial charge in [0.15, 0.2) is 5.82 Å². The molecular formula is C21H18F2N2O3. The zero-order valence-corrected chi connectivity index (χ0v) is 15.6. The molecule has 1 N–H and O–H groups in total. The van der Waals surface area contributed by atoms with E-state index in [1.54, 1.807) is 30.5 Å². The first-order valence-electron chi connectivity index (χ1n) is 8.96. The van der Waals surface area contributed by atoms with Crippen molar-refractivity contribution in [3.63, 3.8) is 0 Å². The van der Waals surface area contributed by atoms with Gasteiger partial charge in [0.2, 0.25) is 5.43 Å². The molecule has 1 aromatic carbocycles. The Morgan fingerprint density at radius 1 is 1.14 bits per heavy atom. The average Bonchev–Trinajstić information content (AvgIpc) is 3.40. The molecule has 0 saturated heterocycles. The molecule has 1 fully saturated rings. The molecule has 28 heavy (non-hydrogen) atoms. The highest BCUT2D eigenvalue weighted by atomic mass is 19.1. The van der Waals surface area contributed by atoms with Crippen LogP contribution in [0.4, 0.5) is 8.78 Å². The van der Waals surface area contributed by atoms with E-state index < -0.39 is 28.6 Å². The molecule has 0 radical (unpaired) electrons. The smallest absolute Gasteiger partial charge is 0.341 e. The number of carboxylic acids is 1. The van der Waals surface area contributed by atoms with Crippen molar-refractivity contribution >= 4 is 16.9 Å². The molecule has 5 nitrogen and oxygen atoms in total. The van der Waals surface area contributed by atoms with Crippen molar-refractivity contribution in [3.05, 3.63) is 62.7 Å². The summed E-state index contributed by atoms with van der Waals surface area (Å²) in [5.74, 6) is -3.16.